The monoisotopic (exact) mass is 131 g/mol. The summed E-state index contributed by atoms with van der Waals surface area (Å²) in [5.74, 6) is -1.21. The van der Waals surface area contributed by atoms with Crippen molar-refractivity contribution in [3.05, 3.63) is 11.8 Å². The molecule has 0 saturated heterocycles. The predicted octanol–water partition coefficient (Wildman–Crippen LogP) is -0.706. The maximum Gasteiger partial charge on any atom is 0.351 e. The quantitative estimate of drug-likeness (QED) is 0.432. The topological polar surface area (TPSA) is 83.5 Å². The van der Waals surface area contributed by atoms with Gasteiger partial charge in [-0.2, -0.15) is 0 Å². The Labute approximate surface area is 52.6 Å². The van der Waals surface area contributed by atoms with Crippen molar-refractivity contribution in [2.24, 2.45) is 5.73 Å². The van der Waals surface area contributed by atoms with Crippen LogP contribution in [0.3, 0.4) is 0 Å². The lowest BCUT2D eigenvalue weighted by Gasteiger charge is -1.95. The second-order valence-electron chi connectivity index (χ2n) is 1.67. The van der Waals surface area contributed by atoms with Gasteiger partial charge < -0.3 is 15.9 Å². The van der Waals surface area contributed by atoms with Crippen molar-refractivity contribution in [3.63, 3.8) is 0 Å². The highest BCUT2D eigenvalue weighted by molar-refractivity contribution is 5.85. The molecule has 1 unspecified atom stereocenters. The van der Waals surface area contributed by atoms with Crippen molar-refractivity contribution >= 4 is 5.97 Å². The van der Waals surface area contributed by atoms with E-state index < -0.39 is 12.1 Å². The third-order valence-corrected chi connectivity index (χ3v) is 0.668. The van der Waals surface area contributed by atoms with E-state index in [4.69, 9.17) is 15.9 Å². The maximum absolute atomic E-state index is 9.93. The molecule has 0 bridgehead atoms. The third kappa shape index (κ3) is 3.54. The Hall–Kier alpha value is -1.03. The molecule has 0 aliphatic heterocycles. The van der Waals surface area contributed by atoms with Gasteiger partial charge in [0, 0.05) is 0 Å². The van der Waals surface area contributed by atoms with Gasteiger partial charge in [-0.25, -0.2) is 4.79 Å². The number of aliphatic hydroxyl groups excluding tert-OH is 1. The minimum atomic E-state index is -1.21. The molecule has 0 aromatic heterocycles. The zero-order chi connectivity index (χ0) is 7.44. The van der Waals surface area contributed by atoms with E-state index in [1.807, 2.05) is 0 Å². The summed E-state index contributed by atoms with van der Waals surface area (Å²) in [5.41, 5.74) is 4.59. The Morgan fingerprint density at radius 3 is 2.33 bits per heavy atom. The van der Waals surface area contributed by atoms with Crippen molar-refractivity contribution in [1.29, 1.82) is 0 Å². The molecular formula is C5H9NO3. The van der Waals surface area contributed by atoms with Crippen molar-refractivity contribution in [2.45, 2.75) is 13.0 Å². The zero-order valence-corrected chi connectivity index (χ0v) is 5.03. The molecule has 4 heteroatoms. The van der Waals surface area contributed by atoms with Crippen molar-refractivity contribution in [1.82, 2.24) is 0 Å². The molecule has 0 aromatic rings. The number of carboxylic acids is 1. The van der Waals surface area contributed by atoms with E-state index in [0.717, 1.165) is 6.08 Å². The number of aliphatic hydroxyl groups is 1. The number of rotatable bonds is 2. The predicted molar refractivity (Wildman–Crippen MR) is 31.6 cm³/mol. The lowest BCUT2D eigenvalue weighted by Crippen LogP contribution is -2.12. The van der Waals surface area contributed by atoms with Crippen molar-refractivity contribution in [3.8, 4) is 0 Å². The zero-order valence-electron chi connectivity index (χ0n) is 5.03. The Balaban J connectivity index is 4.00. The molecule has 1 atom stereocenters. The molecule has 0 aliphatic carbocycles. The van der Waals surface area contributed by atoms with Gasteiger partial charge in [-0.15, -0.1) is 0 Å². The number of carbonyl (C=O) groups is 1. The van der Waals surface area contributed by atoms with E-state index in [1.54, 1.807) is 0 Å². The van der Waals surface area contributed by atoms with Crippen LogP contribution in [0.2, 0.25) is 0 Å². The number of hydrogen-bond donors (Lipinski definition) is 3. The first-order valence-electron chi connectivity index (χ1n) is 2.42. The van der Waals surface area contributed by atoms with Crippen LogP contribution >= 0.6 is 0 Å². The summed E-state index contributed by atoms with van der Waals surface area (Å²) in [4.78, 5) is 9.93. The Morgan fingerprint density at radius 1 is 1.78 bits per heavy atom. The van der Waals surface area contributed by atoms with Crippen LogP contribution in [0, 0.1) is 0 Å². The van der Waals surface area contributed by atoms with Gasteiger partial charge in [0.05, 0.1) is 6.10 Å². The lowest BCUT2D eigenvalue weighted by atomic mass is 10.3. The van der Waals surface area contributed by atoms with Gasteiger partial charge in [-0.05, 0) is 13.0 Å². The summed E-state index contributed by atoms with van der Waals surface area (Å²) in [6, 6.07) is 0. The largest absolute Gasteiger partial charge is 0.477 e. The standard InChI is InChI=1S/C5H9NO3/c1-3(7)2-4(6)5(8)9/h2-3,7H,6H2,1H3,(H,8,9). The van der Waals surface area contributed by atoms with Crippen LogP contribution in [0.4, 0.5) is 0 Å². The van der Waals surface area contributed by atoms with Gasteiger partial charge in [0.2, 0.25) is 0 Å². The summed E-state index contributed by atoms with van der Waals surface area (Å²) in [6.45, 7) is 1.43. The summed E-state index contributed by atoms with van der Waals surface area (Å²) < 4.78 is 0. The molecule has 0 rings (SSSR count). The van der Waals surface area contributed by atoms with Crippen molar-refractivity contribution < 1.29 is 15.0 Å². The van der Waals surface area contributed by atoms with Crippen LogP contribution in [-0.2, 0) is 4.79 Å². The molecule has 4 nitrogen and oxygen atoms in total. The smallest absolute Gasteiger partial charge is 0.351 e. The van der Waals surface area contributed by atoms with Gasteiger partial charge >= 0.3 is 5.97 Å². The minimum absolute atomic E-state index is 0.329. The van der Waals surface area contributed by atoms with Gasteiger partial charge in [-0.1, -0.05) is 0 Å². The number of nitrogens with two attached hydrogens (primary N) is 1. The van der Waals surface area contributed by atoms with Gasteiger partial charge in [-0.3, -0.25) is 0 Å². The van der Waals surface area contributed by atoms with Crippen LogP contribution in [0.15, 0.2) is 11.8 Å². The summed E-state index contributed by atoms with van der Waals surface area (Å²) in [7, 11) is 0. The van der Waals surface area contributed by atoms with Crippen LogP contribution in [0.25, 0.3) is 0 Å². The first-order chi connectivity index (χ1) is 4.04. The molecular weight excluding hydrogens is 122 g/mol. The van der Waals surface area contributed by atoms with Crippen LogP contribution in [0.1, 0.15) is 6.92 Å². The molecule has 0 saturated carbocycles. The molecule has 52 valence electrons. The Kier molecular flexibility index (Phi) is 2.73. The lowest BCUT2D eigenvalue weighted by molar-refractivity contribution is -0.132. The number of hydrogen-bond acceptors (Lipinski definition) is 3. The highest BCUT2D eigenvalue weighted by Gasteiger charge is 2.00. The van der Waals surface area contributed by atoms with E-state index in [0.29, 0.717) is 0 Å². The van der Waals surface area contributed by atoms with Crippen molar-refractivity contribution in [2.75, 3.05) is 0 Å². The Morgan fingerprint density at radius 2 is 2.22 bits per heavy atom. The molecule has 0 amide bonds. The fourth-order valence-corrected chi connectivity index (χ4v) is 0.331. The molecule has 0 radical (unpaired) electrons. The average Bonchev–Trinajstić information content (AvgIpc) is 1.63. The first kappa shape index (κ1) is 7.97. The fraction of sp³-hybridized carbons (Fsp3) is 0.400. The number of carboxylic acid groups (broad SMARTS) is 1. The third-order valence-electron chi connectivity index (χ3n) is 0.668. The Bertz CT molecular complexity index is 139. The summed E-state index contributed by atoms with van der Waals surface area (Å²) in [5, 5.41) is 16.7. The maximum atomic E-state index is 9.93. The SMILES string of the molecule is CC(O)C=C(N)C(=O)O. The molecule has 0 heterocycles. The van der Waals surface area contributed by atoms with E-state index >= 15 is 0 Å². The summed E-state index contributed by atoms with van der Waals surface area (Å²) >= 11 is 0. The van der Waals surface area contributed by atoms with Gasteiger partial charge in [0.1, 0.15) is 5.70 Å². The molecule has 0 fully saturated rings. The van der Waals surface area contributed by atoms with Gasteiger partial charge in [0.15, 0.2) is 0 Å². The molecule has 0 aliphatic rings. The molecule has 0 aromatic carbocycles. The van der Waals surface area contributed by atoms with E-state index in [-0.39, 0.29) is 5.70 Å². The summed E-state index contributed by atoms with van der Waals surface area (Å²) in [6.07, 6.45) is 0.253. The van der Waals surface area contributed by atoms with Crippen LogP contribution in [-0.4, -0.2) is 22.3 Å². The molecule has 9 heavy (non-hydrogen) atoms. The van der Waals surface area contributed by atoms with E-state index in [2.05, 4.69) is 0 Å². The normalized spacial score (nSPS) is 15.1. The van der Waals surface area contributed by atoms with E-state index in [1.165, 1.54) is 6.92 Å². The fourth-order valence-electron chi connectivity index (χ4n) is 0.331. The number of aliphatic carboxylic acids is 1. The highest BCUT2D eigenvalue weighted by atomic mass is 16.4. The van der Waals surface area contributed by atoms with Crippen LogP contribution < -0.4 is 5.73 Å². The highest BCUT2D eigenvalue weighted by Crippen LogP contribution is 1.87. The first-order valence-corrected chi connectivity index (χ1v) is 2.42. The second-order valence-corrected chi connectivity index (χ2v) is 1.67. The minimum Gasteiger partial charge on any atom is -0.477 e. The van der Waals surface area contributed by atoms with Gasteiger partial charge in [0.25, 0.3) is 0 Å². The molecule has 0 spiro atoms. The molecule has 4 N–H and O–H groups in total. The average molecular weight is 131 g/mol. The van der Waals surface area contributed by atoms with E-state index in [9.17, 15) is 4.79 Å². The second kappa shape index (κ2) is 3.09. The van der Waals surface area contributed by atoms with Crippen LogP contribution in [0.5, 0.6) is 0 Å².